The lowest BCUT2D eigenvalue weighted by Crippen LogP contribution is -1.99. The van der Waals surface area contributed by atoms with Crippen molar-refractivity contribution in [2.24, 2.45) is 0 Å². The first-order valence-corrected chi connectivity index (χ1v) is 13.8. The van der Waals surface area contributed by atoms with E-state index in [2.05, 4.69) is 129 Å². The van der Waals surface area contributed by atoms with Crippen molar-refractivity contribution in [3.05, 3.63) is 150 Å². The molecule has 0 amide bonds. The second kappa shape index (κ2) is 9.24. The minimum absolute atomic E-state index is 0.456. The van der Waals surface area contributed by atoms with Crippen LogP contribution in [0.2, 0.25) is 0 Å². The Hall–Kier alpha value is -6.10. The fraction of sp³-hybridized carbons (Fsp3) is 0. The SMILES string of the molecule is [C-]#[N+]c1cc(C#N)ccc1-c1cc2c(cc1-n1c3ccccc3c3ccccc31)c1ccccc1n2-c1ccccc1. The number of hydrogen-bond donors (Lipinski definition) is 0. The summed E-state index contributed by atoms with van der Waals surface area (Å²) in [5.41, 5.74) is 9.11. The summed E-state index contributed by atoms with van der Waals surface area (Å²) in [4.78, 5) is 3.89. The molecule has 0 saturated carbocycles. The molecule has 4 nitrogen and oxygen atoms in total. The molecule has 0 aliphatic carbocycles. The van der Waals surface area contributed by atoms with Gasteiger partial charge in [-0.3, -0.25) is 0 Å². The van der Waals surface area contributed by atoms with E-state index in [0.29, 0.717) is 11.3 Å². The summed E-state index contributed by atoms with van der Waals surface area (Å²) >= 11 is 0. The van der Waals surface area contributed by atoms with Crippen molar-refractivity contribution in [2.45, 2.75) is 0 Å². The van der Waals surface area contributed by atoms with E-state index >= 15 is 0 Å². The van der Waals surface area contributed by atoms with E-state index in [0.717, 1.165) is 55.3 Å². The molecular formula is C38H22N4. The zero-order valence-electron chi connectivity index (χ0n) is 22.5. The van der Waals surface area contributed by atoms with E-state index in [1.165, 1.54) is 10.8 Å². The van der Waals surface area contributed by atoms with Crippen molar-refractivity contribution in [1.29, 1.82) is 5.26 Å². The van der Waals surface area contributed by atoms with Crippen molar-refractivity contribution in [2.75, 3.05) is 0 Å². The van der Waals surface area contributed by atoms with Crippen LogP contribution in [0.25, 0.3) is 71.0 Å². The smallest absolute Gasteiger partial charge is 0.196 e. The maximum atomic E-state index is 9.58. The van der Waals surface area contributed by atoms with E-state index in [1.54, 1.807) is 12.1 Å². The molecule has 0 saturated heterocycles. The first kappa shape index (κ1) is 23.8. The number of nitrogens with zero attached hydrogens (tertiary/aromatic N) is 4. The largest absolute Gasteiger partial charge is 0.309 e. The van der Waals surface area contributed by atoms with Crippen LogP contribution in [0.5, 0.6) is 0 Å². The van der Waals surface area contributed by atoms with Crippen LogP contribution in [-0.4, -0.2) is 9.13 Å². The van der Waals surface area contributed by atoms with Crippen molar-refractivity contribution in [1.82, 2.24) is 9.13 Å². The fourth-order valence-corrected chi connectivity index (χ4v) is 6.36. The van der Waals surface area contributed by atoms with Crippen LogP contribution in [-0.2, 0) is 0 Å². The Bertz CT molecular complexity index is 2380. The Balaban J connectivity index is 1.59. The van der Waals surface area contributed by atoms with Gasteiger partial charge in [0.05, 0.1) is 40.4 Å². The third-order valence-electron chi connectivity index (χ3n) is 8.16. The molecule has 0 radical (unpaired) electrons. The van der Waals surface area contributed by atoms with Crippen molar-refractivity contribution >= 4 is 49.3 Å². The molecule has 0 fully saturated rings. The number of hydrogen-bond acceptors (Lipinski definition) is 1. The van der Waals surface area contributed by atoms with Crippen LogP contribution < -0.4 is 0 Å². The first-order valence-electron chi connectivity index (χ1n) is 13.8. The average Bonchev–Trinajstić information content (AvgIpc) is 3.56. The molecule has 194 valence electrons. The molecule has 0 unspecified atom stereocenters. The van der Waals surface area contributed by atoms with Gasteiger partial charge in [0.25, 0.3) is 0 Å². The third kappa shape index (κ3) is 3.40. The highest BCUT2D eigenvalue weighted by molar-refractivity contribution is 6.14. The van der Waals surface area contributed by atoms with Crippen LogP contribution in [0.4, 0.5) is 5.69 Å². The highest BCUT2D eigenvalue weighted by Crippen LogP contribution is 2.43. The van der Waals surface area contributed by atoms with E-state index in [1.807, 2.05) is 12.1 Å². The topological polar surface area (TPSA) is 38.0 Å². The van der Waals surface area contributed by atoms with E-state index < -0.39 is 0 Å². The fourth-order valence-electron chi connectivity index (χ4n) is 6.36. The molecule has 2 aromatic heterocycles. The molecule has 0 bridgehead atoms. The Morgan fingerprint density at radius 2 is 1.10 bits per heavy atom. The summed E-state index contributed by atoms with van der Waals surface area (Å²) in [5, 5.41) is 14.2. The maximum absolute atomic E-state index is 9.58. The summed E-state index contributed by atoms with van der Waals surface area (Å²) < 4.78 is 4.62. The van der Waals surface area contributed by atoms with E-state index in [4.69, 9.17) is 6.57 Å². The standard InChI is InChI=1S/C38H22N4/c1-40-33-21-25(24-39)19-20-27(33)31-22-37-32(30-15-7-8-16-34(30)41(37)26-11-3-2-4-12-26)23-38(31)42-35-17-9-5-13-28(35)29-14-6-10-18-36(29)42/h2-23H. The minimum Gasteiger partial charge on any atom is -0.309 e. The molecule has 2 heterocycles. The van der Waals surface area contributed by atoms with E-state index in [9.17, 15) is 5.26 Å². The van der Waals surface area contributed by atoms with Gasteiger partial charge in [0.2, 0.25) is 0 Å². The van der Waals surface area contributed by atoms with Gasteiger partial charge < -0.3 is 9.13 Å². The lowest BCUT2D eigenvalue weighted by atomic mass is 9.97. The van der Waals surface area contributed by atoms with E-state index in [-0.39, 0.29) is 0 Å². The molecule has 0 N–H and O–H groups in total. The first-order chi connectivity index (χ1) is 20.8. The summed E-state index contributed by atoms with van der Waals surface area (Å²) in [7, 11) is 0. The lowest BCUT2D eigenvalue weighted by Gasteiger charge is -2.17. The van der Waals surface area contributed by atoms with Crippen LogP contribution >= 0.6 is 0 Å². The molecule has 0 aliphatic rings. The predicted molar refractivity (Wildman–Crippen MR) is 172 cm³/mol. The molecule has 4 heteroatoms. The quantitative estimate of drug-likeness (QED) is 0.208. The second-order valence-electron chi connectivity index (χ2n) is 10.4. The van der Waals surface area contributed by atoms with Gasteiger partial charge in [-0.25, -0.2) is 4.85 Å². The van der Waals surface area contributed by atoms with Gasteiger partial charge in [0, 0.05) is 32.8 Å². The summed E-state index contributed by atoms with van der Waals surface area (Å²) in [6.07, 6.45) is 0. The Morgan fingerprint density at radius 1 is 0.524 bits per heavy atom. The summed E-state index contributed by atoms with van der Waals surface area (Å²) in [6.45, 7) is 8.04. The lowest BCUT2D eigenvalue weighted by molar-refractivity contribution is 1.17. The van der Waals surface area contributed by atoms with Gasteiger partial charge in [-0.1, -0.05) is 78.9 Å². The maximum Gasteiger partial charge on any atom is 0.196 e. The van der Waals surface area contributed by atoms with Gasteiger partial charge in [-0.15, -0.1) is 0 Å². The number of para-hydroxylation sites is 4. The van der Waals surface area contributed by atoms with Crippen LogP contribution in [0.1, 0.15) is 5.56 Å². The molecule has 0 aliphatic heterocycles. The van der Waals surface area contributed by atoms with Gasteiger partial charge in [-0.05, 0) is 65.7 Å². The summed E-state index contributed by atoms with van der Waals surface area (Å²) in [5.74, 6) is 0. The number of benzene rings is 6. The highest BCUT2D eigenvalue weighted by Gasteiger charge is 2.21. The Labute approximate surface area is 242 Å². The molecule has 0 atom stereocenters. The number of rotatable bonds is 3. The van der Waals surface area contributed by atoms with Gasteiger partial charge in [0.1, 0.15) is 0 Å². The molecule has 42 heavy (non-hydrogen) atoms. The molecule has 0 spiro atoms. The Kier molecular flexibility index (Phi) is 5.22. The zero-order chi connectivity index (χ0) is 28.2. The molecule has 6 aromatic carbocycles. The Morgan fingerprint density at radius 3 is 1.71 bits per heavy atom. The van der Waals surface area contributed by atoms with Crippen molar-refractivity contribution in [3.8, 4) is 28.6 Å². The predicted octanol–water partition coefficient (Wildman–Crippen LogP) is 9.97. The van der Waals surface area contributed by atoms with Gasteiger partial charge in [-0.2, -0.15) is 5.26 Å². The number of aromatic nitrogens is 2. The molecule has 8 rings (SSSR count). The van der Waals surface area contributed by atoms with Crippen LogP contribution in [0.3, 0.4) is 0 Å². The van der Waals surface area contributed by atoms with Crippen molar-refractivity contribution in [3.63, 3.8) is 0 Å². The number of fused-ring (bicyclic) bond motifs is 6. The number of nitriles is 1. The third-order valence-corrected chi connectivity index (χ3v) is 8.16. The zero-order valence-corrected chi connectivity index (χ0v) is 22.5. The highest BCUT2D eigenvalue weighted by atomic mass is 15.0. The van der Waals surface area contributed by atoms with Gasteiger partial charge in [0.15, 0.2) is 5.69 Å². The van der Waals surface area contributed by atoms with Crippen molar-refractivity contribution < 1.29 is 0 Å². The average molecular weight is 535 g/mol. The van der Waals surface area contributed by atoms with Crippen LogP contribution in [0.15, 0.2) is 133 Å². The van der Waals surface area contributed by atoms with Gasteiger partial charge >= 0.3 is 0 Å². The molecular weight excluding hydrogens is 512 g/mol. The second-order valence-corrected chi connectivity index (χ2v) is 10.4. The van der Waals surface area contributed by atoms with Crippen LogP contribution in [0, 0.1) is 17.9 Å². The monoisotopic (exact) mass is 534 g/mol. The summed E-state index contributed by atoms with van der Waals surface area (Å²) in [6, 6.07) is 47.9. The normalized spacial score (nSPS) is 11.3. The molecule has 8 aromatic rings. The minimum atomic E-state index is 0.456.